The maximum atomic E-state index is 5.80. The minimum atomic E-state index is -0.134. The van der Waals surface area contributed by atoms with Crippen LogP contribution in [0.5, 0.6) is 0 Å². The molecular formula is C15H21NO. The first kappa shape index (κ1) is 12.2. The minimum absolute atomic E-state index is 0.134. The van der Waals surface area contributed by atoms with Crippen LogP contribution in [0.25, 0.3) is 0 Å². The van der Waals surface area contributed by atoms with E-state index < -0.39 is 0 Å². The molecule has 1 atom stereocenters. The standard InChI is InChI=1S/C15H21NO/c1-11(2)13-10-17-14(16-13)15(3,4)12-8-6-5-7-9-12/h5-9,11,13H,10H2,1-4H3/t13-/m1/s1. The van der Waals surface area contributed by atoms with Gasteiger partial charge < -0.3 is 4.74 Å². The Bertz CT molecular complexity index is 406. The molecule has 0 radical (unpaired) electrons. The quantitative estimate of drug-likeness (QED) is 0.781. The van der Waals surface area contributed by atoms with Crippen molar-refractivity contribution in [3.05, 3.63) is 35.9 Å². The van der Waals surface area contributed by atoms with Gasteiger partial charge in [-0.15, -0.1) is 0 Å². The van der Waals surface area contributed by atoms with Gasteiger partial charge in [-0.1, -0.05) is 44.2 Å². The van der Waals surface area contributed by atoms with Gasteiger partial charge >= 0.3 is 0 Å². The summed E-state index contributed by atoms with van der Waals surface area (Å²) in [7, 11) is 0. The van der Waals surface area contributed by atoms with Crippen molar-refractivity contribution >= 4 is 5.90 Å². The molecule has 1 heterocycles. The van der Waals surface area contributed by atoms with Crippen molar-refractivity contribution in [1.82, 2.24) is 0 Å². The second-order valence-corrected chi connectivity index (χ2v) is 5.55. The number of hydrogen-bond donors (Lipinski definition) is 0. The van der Waals surface area contributed by atoms with E-state index in [1.807, 2.05) is 6.07 Å². The SMILES string of the molecule is CC(C)[C@H]1COC(C(C)(C)c2ccccc2)=N1. The van der Waals surface area contributed by atoms with E-state index in [0.717, 1.165) is 12.5 Å². The Balaban J connectivity index is 2.26. The average Bonchev–Trinajstić information content (AvgIpc) is 2.80. The van der Waals surface area contributed by atoms with E-state index in [1.165, 1.54) is 5.56 Å². The summed E-state index contributed by atoms with van der Waals surface area (Å²) in [4.78, 5) is 4.73. The van der Waals surface area contributed by atoms with Gasteiger partial charge in [-0.25, -0.2) is 4.99 Å². The molecule has 17 heavy (non-hydrogen) atoms. The normalized spacial score (nSPS) is 20.3. The molecule has 0 aliphatic carbocycles. The van der Waals surface area contributed by atoms with Gasteiger partial charge in [0.2, 0.25) is 0 Å². The second kappa shape index (κ2) is 4.52. The van der Waals surface area contributed by atoms with Crippen molar-refractivity contribution in [2.24, 2.45) is 10.9 Å². The smallest absolute Gasteiger partial charge is 0.194 e. The molecule has 0 saturated heterocycles. The average molecular weight is 231 g/mol. The van der Waals surface area contributed by atoms with Crippen LogP contribution in [0.2, 0.25) is 0 Å². The summed E-state index contributed by atoms with van der Waals surface area (Å²) < 4.78 is 5.80. The van der Waals surface area contributed by atoms with Gasteiger partial charge in [-0.05, 0) is 25.3 Å². The zero-order chi connectivity index (χ0) is 12.5. The van der Waals surface area contributed by atoms with Gasteiger partial charge in [0.15, 0.2) is 5.90 Å². The molecule has 1 aliphatic rings. The van der Waals surface area contributed by atoms with E-state index in [9.17, 15) is 0 Å². The molecule has 0 saturated carbocycles. The van der Waals surface area contributed by atoms with Crippen LogP contribution in [0.4, 0.5) is 0 Å². The fraction of sp³-hybridized carbons (Fsp3) is 0.533. The first-order chi connectivity index (χ1) is 8.01. The molecule has 1 aromatic carbocycles. The molecule has 0 amide bonds. The minimum Gasteiger partial charge on any atom is -0.478 e. The number of aliphatic imine (C=N–C) groups is 1. The van der Waals surface area contributed by atoms with Crippen molar-refractivity contribution in [3.8, 4) is 0 Å². The molecule has 1 aliphatic heterocycles. The van der Waals surface area contributed by atoms with Crippen LogP contribution in [0.1, 0.15) is 33.3 Å². The number of rotatable bonds is 3. The maximum absolute atomic E-state index is 5.80. The lowest BCUT2D eigenvalue weighted by Crippen LogP contribution is -2.29. The molecule has 0 N–H and O–H groups in total. The molecule has 0 spiro atoms. The third-order valence-corrected chi connectivity index (χ3v) is 3.47. The summed E-state index contributed by atoms with van der Waals surface area (Å²) in [6.07, 6.45) is 0. The number of hydrogen-bond acceptors (Lipinski definition) is 2. The molecule has 2 rings (SSSR count). The van der Waals surface area contributed by atoms with Gasteiger partial charge in [0.05, 0.1) is 11.5 Å². The molecular weight excluding hydrogens is 210 g/mol. The molecule has 2 nitrogen and oxygen atoms in total. The first-order valence-electron chi connectivity index (χ1n) is 6.28. The maximum Gasteiger partial charge on any atom is 0.194 e. The lowest BCUT2D eigenvalue weighted by atomic mass is 9.84. The Hall–Kier alpha value is -1.31. The summed E-state index contributed by atoms with van der Waals surface area (Å²) >= 11 is 0. The van der Waals surface area contributed by atoms with Crippen LogP contribution in [0.3, 0.4) is 0 Å². The van der Waals surface area contributed by atoms with Crippen molar-refractivity contribution < 1.29 is 4.74 Å². The molecule has 0 bridgehead atoms. The zero-order valence-electron chi connectivity index (χ0n) is 11.1. The lowest BCUT2D eigenvalue weighted by molar-refractivity contribution is 0.274. The predicted molar refractivity (Wildman–Crippen MR) is 71.5 cm³/mol. The summed E-state index contributed by atoms with van der Waals surface area (Å²) in [6, 6.07) is 10.7. The fourth-order valence-corrected chi connectivity index (χ4v) is 2.05. The van der Waals surface area contributed by atoms with Crippen LogP contribution < -0.4 is 0 Å². The third kappa shape index (κ3) is 2.36. The Kier molecular flexibility index (Phi) is 3.23. The van der Waals surface area contributed by atoms with Crippen LogP contribution in [-0.2, 0) is 10.2 Å². The highest BCUT2D eigenvalue weighted by atomic mass is 16.5. The van der Waals surface area contributed by atoms with E-state index >= 15 is 0 Å². The van der Waals surface area contributed by atoms with E-state index in [2.05, 4.69) is 52.0 Å². The van der Waals surface area contributed by atoms with Gasteiger partial charge in [0.25, 0.3) is 0 Å². The fourth-order valence-electron chi connectivity index (χ4n) is 2.05. The number of ether oxygens (including phenoxy) is 1. The summed E-state index contributed by atoms with van der Waals surface area (Å²) in [6.45, 7) is 9.45. The molecule has 1 aromatic rings. The highest BCUT2D eigenvalue weighted by Crippen LogP contribution is 2.29. The van der Waals surface area contributed by atoms with Gasteiger partial charge in [-0.2, -0.15) is 0 Å². The molecule has 2 heteroatoms. The van der Waals surface area contributed by atoms with Crippen LogP contribution >= 0.6 is 0 Å². The van der Waals surface area contributed by atoms with Gasteiger partial charge in [0.1, 0.15) is 6.61 Å². The first-order valence-corrected chi connectivity index (χ1v) is 6.28. The summed E-state index contributed by atoms with van der Waals surface area (Å²) in [5.41, 5.74) is 1.12. The monoisotopic (exact) mass is 231 g/mol. The topological polar surface area (TPSA) is 21.6 Å². The van der Waals surface area contributed by atoms with Gasteiger partial charge in [0, 0.05) is 0 Å². The van der Waals surface area contributed by atoms with Crippen LogP contribution in [0.15, 0.2) is 35.3 Å². The van der Waals surface area contributed by atoms with Crippen LogP contribution in [0, 0.1) is 5.92 Å². The van der Waals surface area contributed by atoms with E-state index in [4.69, 9.17) is 9.73 Å². The Morgan fingerprint density at radius 3 is 2.41 bits per heavy atom. The van der Waals surface area contributed by atoms with Crippen molar-refractivity contribution in [2.45, 2.75) is 39.2 Å². The second-order valence-electron chi connectivity index (χ2n) is 5.55. The Morgan fingerprint density at radius 2 is 1.88 bits per heavy atom. The molecule has 0 unspecified atom stereocenters. The molecule has 0 aromatic heterocycles. The Morgan fingerprint density at radius 1 is 1.24 bits per heavy atom. The number of benzene rings is 1. The van der Waals surface area contributed by atoms with E-state index in [1.54, 1.807) is 0 Å². The van der Waals surface area contributed by atoms with Gasteiger partial charge in [-0.3, -0.25) is 0 Å². The largest absolute Gasteiger partial charge is 0.478 e. The van der Waals surface area contributed by atoms with Crippen molar-refractivity contribution in [1.29, 1.82) is 0 Å². The lowest BCUT2D eigenvalue weighted by Gasteiger charge is -2.24. The van der Waals surface area contributed by atoms with Crippen molar-refractivity contribution in [2.75, 3.05) is 6.61 Å². The third-order valence-electron chi connectivity index (χ3n) is 3.47. The van der Waals surface area contributed by atoms with E-state index in [0.29, 0.717) is 12.0 Å². The number of nitrogens with zero attached hydrogens (tertiary/aromatic N) is 1. The molecule has 0 fully saturated rings. The molecule has 92 valence electrons. The predicted octanol–water partition coefficient (Wildman–Crippen LogP) is 3.42. The summed E-state index contributed by atoms with van der Waals surface area (Å²) in [5.74, 6) is 1.42. The highest BCUT2D eigenvalue weighted by Gasteiger charge is 2.34. The van der Waals surface area contributed by atoms with Crippen molar-refractivity contribution in [3.63, 3.8) is 0 Å². The van der Waals surface area contributed by atoms with Crippen LogP contribution in [-0.4, -0.2) is 18.5 Å². The summed E-state index contributed by atoms with van der Waals surface area (Å²) in [5, 5.41) is 0. The highest BCUT2D eigenvalue weighted by molar-refractivity contribution is 5.88. The van der Waals surface area contributed by atoms with E-state index in [-0.39, 0.29) is 5.41 Å². The Labute approximate surface area is 104 Å². The zero-order valence-corrected chi connectivity index (χ0v) is 11.1.